The molecule has 6 nitrogen and oxygen atoms in total. The molecular weight excluding hydrogens is 336 g/mol. The Bertz CT molecular complexity index is 734. The minimum Gasteiger partial charge on any atom is -0.491 e. The Morgan fingerprint density at radius 3 is 2.04 bits per heavy atom. The second kappa shape index (κ2) is 10.0. The average molecular weight is 356 g/mol. The first-order valence-electron chi connectivity index (χ1n) is 8.08. The number of ketones is 1. The maximum absolute atomic E-state index is 12.5. The molecule has 0 aliphatic carbocycles. The van der Waals surface area contributed by atoms with Crippen LogP contribution < -0.4 is 9.47 Å². The van der Waals surface area contributed by atoms with Gasteiger partial charge in [0.25, 0.3) is 0 Å². The molecule has 0 saturated carbocycles. The Balaban J connectivity index is 1.95. The van der Waals surface area contributed by atoms with Crippen LogP contribution in [0.2, 0.25) is 0 Å². The summed E-state index contributed by atoms with van der Waals surface area (Å²) in [5.74, 6) is 0.795. The van der Waals surface area contributed by atoms with Crippen LogP contribution in [0.1, 0.15) is 22.8 Å². The summed E-state index contributed by atoms with van der Waals surface area (Å²) < 4.78 is 20.1. The summed E-state index contributed by atoms with van der Waals surface area (Å²) in [6, 6.07) is 13.1. The van der Waals surface area contributed by atoms with Gasteiger partial charge in [-0.15, -0.1) is 0 Å². The second-order valence-corrected chi connectivity index (χ2v) is 5.06. The Kier molecular flexibility index (Phi) is 7.39. The van der Waals surface area contributed by atoms with E-state index in [4.69, 9.17) is 14.2 Å². The molecule has 0 unspecified atom stereocenters. The van der Waals surface area contributed by atoms with Crippen LogP contribution in [0.3, 0.4) is 0 Å². The van der Waals surface area contributed by atoms with Gasteiger partial charge in [0.1, 0.15) is 18.1 Å². The van der Waals surface area contributed by atoms with Crippen LogP contribution in [0.5, 0.6) is 11.5 Å². The van der Waals surface area contributed by atoms with Crippen molar-refractivity contribution in [3.8, 4) is 11.5 Å². The highest BCUT2D eigenvalue weighted by Crippen LogP contribution is 2.18. The molecule has 0 N–H and O–H groups in total. The van der Waals surface area contributed by atoms with E-state index in [-0.39, 0.29) is 11.5 Å². The van der Waals surface area contributed by atoms with Gasteiger partial charge in [-0.1, -0.05) is 6.58 Å². The van der Waals surface area contributed by atoms with Crippen molar-refractivity contribution in [2.75, 3.05) is 19.8 Å². The van der Waals surface area contributed by atoms with E-state index in [9.17, 15) is 9.59 Å². The molecule has 2 aromatic carbocycles. The summed E-state index contributed by atoms with van der Waals surface area (Å²) in [6.07, 6.45) is 0.0868. The molecule has 0 saturated heterocycles. The third-order valence-corrected chi connectivity index (χ3v) is 3.31. The van der Waals surface area contributed by atoms with Crippen molar-refractivity contribution in [2.24, 2.45) is 0 Å². The molecule has 6 heteroatoms. The van der Waals surface area contributed by atoms with E-state index < -0.39 is 6.16 Å². The first-order chi connectivity index (χ1) is 12.6. The van der Waals surface area contributed by atoms with Crippen molar-refractivity contribution < 1.29 is 28.5 Å². The van der Waals surface area contributed by atoms with Gasteiger partial charge >= 0.3 is 6.16 Å². The number of hydrogen-bond donors (Lipinski definition) is 0. The predicted octanol–water partition coefficient (Wildman–Crippen LogP) is 3.99. The molecule has 0 radical (unpaired) electrons. The van der Waals surface area contributed by atoms with Crippen LogP contribution in [0.15, 0.2) is 61.4 Å². The van der Waals surface area contributed by atoms with Crippen molar-refractivity contribution in [3.63, 3.8) is 0 Å². The first kappa shape index (κ1) is 19.2. The lowest BCUT2D eigenvalue weighted by Crippen LogP contribution is -2.07. The third-order valence-electron chi connectivity index (χ3n) is 3.31. The highest BCUT2D eigenvalue weighted by molar-refractivity contribution is 6.09. The molecule has 26 heavy (non-hydrogen) atoms. The van der Waals surface area contributed by atoms with E-state index in [1.807, 2.05) is 6.92 Å². The SMILES string of the molecule is C=COC(=O)Oc1ccc(C(=O)c2ccc(OCCOCC)cc2)cc1. The molecule has 0 amide bonds. The molecule has 0 atom stereocenters. The minimum atomic E-state index is -0.890. The molecule has 2 rings (SSSR count). The first-order valence-corrected chi connectivity index (χ1v) is 8.08. The minimum absolute atomic E-state index is 0.147. The molecule has 0 aliphatic heterocycles. The van der Waals surface area contributed by atoms with E-state index in [1.54, 1.807) is 36.4 Å². The van der Waals surface area contributed by atoms with Gasteiger partial charge in [-0.25, -0.2) is 4.79 Å². The van der Waals surface area contributed by atoms with Crippen molar-refractivity contribution >= 4 is 11.9 Å². The van der Waals surface area contributed by atoms with Gasteiger partial charge < -0.3 is 18.9 Å². The fraction of sp³-hybridized carbons (Fsp3) is 0.200. The topological polar surface area (TPSA) is 71.1 Å². The quantitative estimate of drug-likeness (QED) is 0.222. The van der Waals surface area contributed by atoms with Crippen LogP contribution in [-0.2, 0) is 9.47 Å². The molecule has 0 fully saturated rings. The third kappa shape index (κ3) is 5.75. The van der Waals surface area contributed by atoms with Crippen LogP contribution in [0.4, 0.5) is 4.79 Å². The smallest absolute Gasteiger partial charge is 0.491 e. The van der Waals surface area contributed by atoms with Gasteiger partial charge in [0.05, 0.1) is 12.9 Å². The second-order valence-electron chi connectivity index (χ2n) is 5.06. The average Bonchev–Trinajstić information content (AvgIpc) is 2.66. The molecule has 0 aliphatic rings. The van der Waals surface area contributed by atoms with Crippen LogP contribution in [0, 0.1) is 0 Å². The van der Waals surface area contributed by atoms with E-state index >= 15 is 0 Å². The summed E-state index contributed by atoms with van der Waals surface area (Å²) in [4.78, 5) is 23.7. The maximum Gasteiger partial charge on any atom is 0.518 e. The highest BCUT2D eigenvalue weighted by Gasteiger charge is 2.11. The Morgan fingerprint density at radius 2 is 1.50 bits per heavy atom. The van der Waals surface area contributed by atoms with Crippen molar-refractivity contribution in [2.45, 2.75) is 6.92 Å². The number of carbonyl (C=O) groups is 2. The van der Waals surface area contributed by atoms with Gasteiger partial charge in [-0.3, -0.25) is 4.79 Å². The van der Waals surface area contributed by atoms with Crippen molar-refractivity contribution in [1.82, 2.24) is 0 Å². The Morgan fingerprint density at radius 1 is 0.923 bits per heavy atom. The number of hydrogen-bond acceptors (Lipinski definition) is 6. The molecule has 136 valence electrons. The van der Waals surface area contributed by atoms with Gasteiger partial charge in [-0.2, -0.15) is 0 Å². The molecule has 0 heterocycles. The summed E-state index contributed by atoms with van der Waals surface area (Å²) in [6.45, 7) is 6.81. The Hall–Kier alpha value is -3.12. The zero-order valence-electron chi connectivity index (χ0n) is 14.5. The summed E-state index contributed by atoms with van der Waals surface area (Å²) >= 11 is 0. The standard InChI is InChI=1S/C20H20O6/c1-3-23-13-14-25-17-9-5-15(6-10-17)19(21)16-7-11-18(12-8-16)26-20(22)24-4-2/h4-12H,2-3,13-14H2,1H3. The maximum atomic E-state index is 12.5. The van der Waals surface area contributed by atoms with E-state index in [0.717, 1.165) is 6.26 Å². The lowest BCUT2D eigenvalue weighted by atomic mass is 10.0. The molecule has 2 aromatic rings. The predicted molar refractivity (Wildman–Crippen MR) is 95.6 cm³/mol. The van der Waals surface area contributed by atoms with E-state index in [0.29, 0.717) is 36.7 Å². The van der Waals surface area contributed by atoms with Gasteiger partial charge in [-0.05, 0) is 55.5 Å². The molecule has 0 spiro atoms. The Labute approximate surface area is 151 Å². The van der Waals surface area contributed by atoms with Gasteiger partial charge in [0, 0.05) is 17.7 Å². The van der Waals surface area contributed by atoms with Gasteiger partial charge in [0.2, 0.25) is 0 Å². The number of rotatable bonds is 9. The van der Waals surface area contributed by atoms with Crippen molar-refractivity contribution in [3.05, 3.63) is 72.5 Å². The normalized spacial score (nSPS) is 10.0. The zero-order valence-corrected chi connectivity index (χ0v) is 14.5. The lowest BCUT2D eigenvalue weighted by molar-refractivity contribution is 0.103. The number of carbonyl (C=O) groups excluding carboxylic acids is 2. The molecular formula is C20H20O6. The number of benzene rings is 2. The number of ether oxygens (including phenoxy) is 4. The fourth-order valence-corrected chi connectivity index (χ4v) is 2.09. The van der Waals surface area contributed by atoms with E-state index in [1.165, 1.54) is 12.1 Å². The van der Waals surface area contributed by atoms with Crippen LogP contribution in [-0.4, -0.2) is 31.8 Å². The zero-order chi connectivity index (χ0) is 18.8. The molecule has 0 bridgehead atoms. The van der Waals surface area contributed by atoms with Crippen molar-refractivity contribution in [1.29, 1.82) is 0 Å². The summed E-state index contributed by atoms with van der Waals surface area (Å²) in [5, 5.41) is 0. The van der Waals surface area contributed by atoms with Crippen LogP contribution in [0.25, 0.3) is 0 Å². The highest BCUT2D eigenvalue weighted by atomic mass is 16.7. The molecule has 0 aromatic heterocycles. The lowest BCUT2D eigenvalue weighted by Gasteiger charge is -2.07. The fourth-order valence-electron chi connectivity index (χ4n) is 2.09. The van der Waals surface area contributed by atoms with E-state index in [2.05, 4.69) is 11.3 Å². The van der Waals surface area contributed by atoms with Gasteiger partial charge in [0.15, 0.2) is 5.78 Å². The van der Waals surface area contributed by atoms with Crippen LogP contribution >= 0.6 is 0 Å². The summed E-state index contributed by atoms with van der Waals surface area (Å²) in [7, 11) is 0. The summed E-state index contributed by atoms with van der Waals surface area (Å²) in [5.41, 5.74) is 1.00. The monoisotopic (exact) mass is 356 g/mol. The largest absolute Gasteiger partial charge is 0.518 e.